The molecule has 0 fully saturated rings. The first-order valence-electron chi connectivity index (χ1n) is 5.08. The zero-order chi connectivity index (χ0) is 14.6. The highest BCUT2D eigenvalue weighted by Gasteiger charge is 2.35. The average molecular weight is 277 g/mol. The lowest BCUT2D eigenvalue weighted by atomic mass is 10.1. The van der Waals surface area contributed by atoms with Crippen molar-refractivity contribution in [1.29, 1.82) is 0 Å². The summed E-state index contributed by atoms with van der Waals surface area (Å²) in [7, 11) is 0. The zero-order valence-corrected chi connectivity index (χ0v) is 9.44. The van der Waals surface area contributed by atoms with E-state index in [1.54, 1.807) is 5.32 Å². The number of aliphatic hydroxyl groups is 1. The molecule has 1 atom stereocenters. The van der Waals surface area contributed by atoms with Crippen LogP contribution in [0.4, 0.5) is 13.2 Å². The maximum atomic E-state index is 12.6. The second kappa shape index (κ2) is 5.70. The number of aliphatic carboxylic acids is 1. The monoisotopic (exact) mass is 277 g/mol. The fraction of sp³-hybridized carbons (Fsp3) is 0.273. The minimum atomic E-state index is -4.73. The number of carbonyl (C=O) groups is 2. The van der Waals surface area contributed by atoms with E-state index in [0.29, 0.717) is 6.07 Å². The van der Waals surface area contributed by atoms with Gasteiger partial charge in [-0.05, 0) is 12.1 Å². The van der Waals surface area contributed by atoms with Gasteiger partial charge in [-0.25, -0.2) is 4.79 Å². The van der Waals surface area contributed by atoms with Crippen LogP contribution in [0.25, 0.3) is 0 Å². The van der Waals surface area contributed by atoms with Crippen molar-refractivity contribution in [2.75, 3.05) is 6.61 Å². The van der Waals surface area contributed by atoms with E-state index >= 15 is 0 Å². The summed E-state index contributed by atoms with van der Waals surface area (Å²) in [5.41, 5.74) is -1.87. The third-order valence-electron chi connectivity index (χ3n) is 2.26. The Morgan fingerprint density at radius 1 is 1.26 bits per heavy atom. The van der Waals surface area contributed by atoms with Crippen LogP contribution < -0.4 is 5.32 Å². The summed E-state index contributed by atoms with van der Waals surface area (Å²) in [4.78, 5) is 22.2. The van der Waals surface area contributed by atoms with Gasteiger partial charge in [0, 0.05) is 0 Å². The van der Waals surface area contributed by atoms with Crippen LogP contribution in [0.2, 0.25) is 0 Å². The Labute approximate surface area is 105 Å². The summed E-state index contributed by atoms with van der Waals surface area (Å²) in [6, 6.07) is 2.31. The maximum absolute atomic E-state index is 12.6. The van der Waals surface area contributed by atoms with Crippen molar-refractivity contribution < 1.29 is 33.0 Å². The quantitative estimate of drug-likeness (QED) is 0.762. The van der Waals surface area contributed by atoms with Gasteiger partial charge in [0.15, 0.2) is 6.04 Å². The van der Waals surface area contributed by atoms with Gasteiger partial charge >= 0.3 is 12.1 Å². The molecule has 0 aromatic heterocycles. The Kier molecular flexibility index (Phi) is 4.49. The molecule has 8 heteroatoms. The van der Waals surface area contributed by atoms with Gasteiger partial charge < -0.3 is 15.5 Å². The molecule has 0 aliphatic heterocycles. The largest absolute Gasteiger partial charge is 0.480 e. The van der Waals surface area contributed by atoms with E-state index in [9.17, 15) is 22.8 Å². The molecule has 0 radical (unpaired) electrons. The summed E-state index contributed by atoms with van der Waals surface area (Å²) in [5.74, 6) is -2.75. The van der Waals surface area contributed by atoms with Gasteiger partial charge in [-0.15, -0.1) is 0 Å². The smallest absolute Gasteiger partial charge is 0.417 e. The molecule has 19 heavy (non-hydrogen) atoms. The molecule has 1 rings (SSSR count). The summed E-state index contributed by atoms with van der Waals surface area (Å²) in [5, 5.41) is 19.1. The van der Waals surface area contributed by atoms with Crippen molar-refractivity contribution in [3.8, 4) is 0 Å². The van der Waals surface area contributed by atoms with Gasteiger partial charge in [-0.2, -0.15) is 13.2 Å². The Bertz CT molecular complexity index is 487. The second-order valence-corrected chi connectivity index (χ2v) is 3.59. The molecule has 3 N–H and O–H groups in total. The minimum Gasteiger partial charge on any atom is -0.480 e. The number of nitrogens with one attached hydrogen (secondary N) is 1. The predicted octanol–water partition coefficient (Wildman–Crippen LogP) is 0.881. The van der Waals surface area contributed by atoms with Crippen LogP contribution in [0, 0.1) is 0 Å². The molecule has 0 heterocycles. The van der Waals surface area contributed by atoms with Crippen LogP contribution in [0.5, 0.6) is 0 Å². The third kappa shape index (κ3) is 3.68. The molecule has 0 saturated carbocycles. The van der Waals surface area contributed by atoms with Crippen molar-refractivity contribution in [2.24, 2.45) is 0 Å². The number of aliphatic hydroxyl groups excluding tert-OH is 1. The van der Waals surface area contributed by atoms with Crippen molar-refractivity contribution in [2.45, 2.75) is 12.2 Å². The normalized spacial score (nSPS) is 12.8. The molecule has 5 nitrogen and oxygen atoms in total. The van der Waals surface area contributed by atoms with Crippen molar-refractivity contribution in [1.82, 2.24) is 5.32 Å². The SMILES string of the molecule is O=C(N[C@@H](CO)C(=O)O)c1ccccc1C(F)(F)F. The summed E-state index contributed by atoms with van der Waals surface area (Å²) < 4.78 is 37.9. The summed E-state index contributed by atoms with van der Waals surface area (Å²) in [6.45, 7) is -0.921. The number of benzene rings is 1. The van der Waals surface area contributed by atoms with Gasteiger partial charge in [0.2, 0.25) is 0 Å². The predicted molar refractivity (Wildman–Crippen MR) is 57.4 cm³/mol. The van der Waals surface area contributed by atoms with Crippen molar-refractivity contribution in [3.05, 3.63) is 35.4 Å². The number of rotatable bonds is 4. The third-order valence-corrected chi connectivity index (χ3v) is 2.26. The topological polar surface area (TPSA) is 86.6 Å². The van der Waals surface area contributed by atoms with Crippen molar-refractivity contribution >= 4 is 11.9 Å². The van der Waals surface area contributed by atoms with E-state index in [0.717, 1.165) is 12.1 Å². The van der Waals surface area contributed by atoms with Gasteiger partial charge in [0.25, 0.3) is 5.91 Å². The molecular weight excluding hydrogens is 267 g/mol. The van der Waals surface area contributed by atoms with Crippen molar-refractivity contribution in [3.63, 3.8) is 0 Å². The number of carboxylic acid groups (broad SMARTS) is 1. The summed E-state index contributed by atoms with van der Waals surface area (Å²) in [6.07, 6.45) is -4.73. The molecule has 1 aromatic carbocycles. The lowest BCUT2D eigenvalue weighted by molar-refractivity contribution is -0.140. The van der Waals surface area contributed by atoms with E-state index in [2.05, 4.69) is 0 Å². The summed E-state index contributed by atoms with van der Waals surface area (Å²) >= 11 is 0. The minimum absolute atomic E-state index is 0.699. The van der Waals surface area contributed by atoms with E-state index in [1.165, 1.54) is 6.07 Å². The lowest BCUT2D eigenvalue weighted by Gasteiger charge is -2.15. The fourth-order valence-corrected chi connectivity index (χ4v) is 1.35. The number of hydrogen-bond donors (Lipinski definition) is 3. The van der Waals surface area contributed by atoms with Gasteiger partial charge in [-0.1, -0.05) is 12.1 Å². The van der Waals surface area contributed by atoms with E-state index in [-0.39, 0.29) is 0 Å². The maximum Gasteiger partial charge on any atom is 0.417 e. The molecule has 0 bridgehead atoms. The number of carbonyl (C=O) groups excluding carboxylic acids is 1. The molecule has 1 aromatic rings. The lowest BCUT2D eigenvalue weighted by Crippen LogP contribution is -2.43. The highest BCUT2D eigenvalue weighted by molar-refractivity contribution is 5.98. The number of alkyl halides is 3. The molecule has 104 valence electrons. The number of carboxylic acids is 1. The van der Waals surface area contributed by atoms with Crippen LogP contribution >= 0.6 is 0 Å². The molecule has 0 aliphatic carbocycles. The first-order valence-corrected chi connectivity index (χ1v) is 5.08. The highest BCUT2D eigenvalue weighted by atomic mass is 19.4. The number of hydrogen-bond acceptors (Lipinski definition) is 3. The van der Waals surface area contributed by atoms with Gasteiger partial charge in [0.1, 0.15) is 0 Å². The van der Waals surface area contributed by atoms with Gasteiger partial charge in [0.05, 0.1) is 17.7 Å². The molecule has 1 amide bonds. The van der Waals surface area contributed by atoms with Crippen LogP contribution in [0.1, 0.15) is 15.9 Å². The highest BCUT2D eigenvalue weighted by Crippen LogP contribution is 2.31. The van der Waals surface area contributed by atoms with Crippen LogP contribution in [0.3, 0.4) is 0 Å². The fourth-order valence-electron chi connectivity index (χ4n) is 1.35. The molecule has 0 unspecified atom stereocenters. The number of halogens is 3. The van der Waals surface area contributed by atoms with Crippen LogP contribution in [-0.2, 0) is 11.0 Å². The number of amides is 1. The first-order chi connectivity index (χ1) is 8.77. The van der Waals surface area contributed by atoms with Crippen LogP contribution in [-0.4, -0.2) is 34.7 Å². The second-order valence-electron chi connectivity index (χ2n) is 3.59. The van der Waals surface area contributed by atoms with E-state index in [1.807, 2.05) is 0 Å². The average Bonchev–Trinajstić information content (AvgIpc) is 2.34. The Morgan fingerprint density at radius 3 is 2.32 bits per heavy atom. The molecule has 0 spiro atoms. The van der Waals surface area contributed by atoms with Gasteiger partial charge in [-0.3, -0.25) is 4.79 Å². The Morgan fingerprint density at radius 2 is 1.84 bits per heavy atom. The molecule has 0 aliphatic rings. The standard InChI is InChI=1S/C11H10F3NO4/c12-11(13,14)7-4-2-1-3-6(7)9(17)15-8(5-16)10(18)19/h1-4,8,16H,5H2,(H,15,17)(H,18,19)/t8-/m0/s1. The van der Waals surface area contributed by atoms with Crippen LogP contribution in [0.15, 0.2) is 24.3 Å². The Hall–Kier alpha value is -2.09. The van der Waals surface area contributed by atoms with E-state index in [4.69, 9.17) is 10.2 Å². The Balaban J connectivity index is 3.04. The molecule has 0 saturated heterocycles. The molecular formula is C11H10F3NO4. The first kappa shape index (κ1) is 15.0. The van der Waals surface area contributed by atoms with E-state index < -0.39 is 41.8 Å². The zero-order valence-electron chi connectivity index (χ0n) is 9.44.